The van der Waals surface area contributed by atoms with Gasteiger partial charge in [-0.05, 0) is 58.9 Å². The minimum absolute atomic E-state index is 0.0768. The van der Waals surface area contributed by atoms with Crippen molar-refractivity contribution in [2.45, 2.75) is 58.5 Å². The Morgan fingerprint density at radius 1 is 1.10 bits per heavy atom. The van der Waals surface area contributed by atoms with Gasteiger partial charge in [-0.15, -0.1) is 10.2 Å². The highest BCUT2D eigenvalue weighted by molar-refractivity contribution is 7.99. The molecule has 2 atom stereocenters. The van der Waals surface area contributed by atoms with E-state index in [0.29, 0.717) is 18.8 Å². The van der Waals surface area contributed by atoms with Crippen LogP contribution >= 0.6 is 11.8 Å². The molecule has 1 saturated heterocycles. The van der Waals surface area contributed by atoms with Gasteiger partial charge in [0.1, 0.15) is 0 Å². The van der Waals surface area contributed by atoms with Crippen molar-refractivity contribution in [1.82, 2.24) is 19.7 Å². The maximum Gasteiger partial charge on any atom is 0.233 e. The van der Waals surface area contributed by atoms with Crippen LogP contribution in [0.3, 0.4) is 0 Å². The van der Waals surface area contributed by atoms with Crippen LogP contribution in [0.1, 0.15) is 34.6 Å². The predicted molar refractivity (Wildman–Crippen MR) is 122 cm³/mol. The normalized spacial score (nSPS) is 19.2. The lowest BCUT2D eigenvalue weighted by atomic mass is 10.2. The molecule has 2 aromatic rings. The number of hydrogen-bond donors (Lipinski definition) is 0. The predicted octanol–water partition coefficient (Wildman–Crippen LogP) is 3.54. The third kappa shape index (κ3) is 5.16. The molecular formula is C22H33N5O2S. The molecule has 30 heavy (non-hydrogen) atoms. The molecule has 8 heteroatoms. The van der Waals surface area contributed by atoms with Crippen LogP contribution in [0.2, 0.25) is 0 Å². The highest BCUT2D eigenvalue weighted by Gasteiger charge is 2.26. The first-order chi connectivity index (χ1) is 14.5. The fourth-order valence-corrected chi connectivity index (χ4v) is 4.81. The van der Waals surface area contributed by atoms with Gasteiger partial charge in [0.15, 0.2) is 11.0 Å². The van der Waals surface area contributed by atoms with Crippen molar-refractivity contribution in [3.8, 4) is 11.4 Å². The zero-order chi connectivity index (χ0) is 21.7. The van der Waals surface area contributed by atoms with Gasteiger partial charge in [0.2, 0.25) is 5.91 Å². The average Bonchev–Trinajstić information content (AvgIpc) is 3.15. The molecule has 0 spiro atoms. The van der Waals surface area contributed by atoms with Crippen LogP contribution in [0.5, 0.6) is 0 Å². The zero-order valence-corrected chi connectivity index (χ0v) is 19.5. The number of anilines is 1. The van der Waals surface area contributed by atoms with Crippen molar-refractivity contribution >= 4 is 23.4 Å². The van der Waals surface area contributed by atoms with Crippen LogP contribution in [-0.2, 0) is 16.1 Å². The van der Waals surface area contributed by atoms with Gasteiger partial charge in [0.25, 0.3) is 0 Å². The number of benzene rings is 1. The lowest BCUT2D eigenvalue weighted by molar-refractivity contribution is -0.140. The molecule has 2 heterocycles. The fourth-order valence-electron chi connectivity index (χ4n) is 3.90. The highest BCUT2D eigenvalue weighted by atomic mass is 32.2. The van der Waals surface area contributed by atoms with Gasteiger partial charge in [-0.1, -0.05) is 11.8 Å². The SMILES string of the molecule is CCN(CC)c1ccc(-c2nnc(SCC(=O)N3CC(C)OC(C)C3)n2CC)cc1. The molecule has 1 aromatic carbocycles. The summed E-state index contributed by atoms with van der Waals surface area (Å²) in [6.07, 6.45) is 0.154. The summed E-state index contributed by atoms with van der Waals surface area (Å²) < 4.78 is 7.80. The fraction of sp³-hybridized carbons (Fsp3) is 0.591. The van der Waals surface area contributed by atoms with Gasteiger partial charge in [0.05, 0.1) is 18.0 Å². The van der Waals surface area contributed by atoms with Crippen LogP contribution < -0.4 is 4.90 Å². The largest absolute Gasteiger partial charge is 0.372 e. The Balaban J connectivity index is 1.69. The summed E-state index contributed by atoms with van der Waals surface area (Å²) in [7, 11) is 0. The molecule has 0 aliphatic carbocycles. The molecule has 7 nitrogen and oxygen atoms in total. The molecule has 1 aliphatic heterocycles. The molecule has 0 N–H and O–H groups in total. The number of carbonyl (C=O) groups is 1. The number of morpholine rings is 1. The number of ether oxygens (including phenoxy) is 1. The smallest absolute Gasteiger partial charge is 0.233 e. The van der Waals surface area contributed by atoms with Gasteiger partial charge >= 0.3 is 0 Å². The number of rotatable bonds is 8. The van der Waals surface area contributed by atoms with Crippen LogP contribution in [0.15, 0.2) is 29.4 Å². The van der Waals surface area contributed by atoms with E-state index in [1.54, 1.807) is 0 Å². The molecule has 2 unspecified atom stereocenters. The van der Waals surface area contributed by atoms with E-state index in [1.807, 2.05) is 18.7 Å². The minimum Gasteiger partial charge on any atom is -0.372 e. The second-order valence-corrected chi connectivity index (χ2v) is 8.56. The number of thioether (sulfide) groups is 1. The topological polar surface area (TPSA) is 63.5 Å². The van der Waals surface area contributed by atoms with Gasteiger partial charge in [-0.25, -0.2) is 0 Å². The molecule has 1 amide bonds. The third-order valence-corrected chi connectivity index (χ3v) is 6.34. The molecule has 3 rings (SSSR count). The van der Waals surface area contributed by atoms with Crippen molar-refractivity contribution in [2.75, 3.05) is 36.8 Å². The third-order valence-electron chi connectivity index (χ3n) is 5.38. The van der Waals surface area contributed by atoms with Crippen molar-refractivity contribution < 1.29 is 9.53 Å². The van der Waals surface area contributed by atoms with E-state index < -0.39 is 0 Å². The van der Waals surface area contributed by atoms with E-state index in [0.717, 1.165) is 36.2 Å². The summed E-state index contributed by atoms with van der Waals surface area (Å²) in [5.41, 5.74) is 2.25. The van der Waals surface area contributed by atoms with E-state index >= 15 is 0 Å². The minimum atomic E-state index is 0.0768. The summed E-state index contributed by atoms with van der Waals surface area (Å²) in [6.45, 7) is 14.4. The molecule has 0 radical (unpaired) electrons. The standard InChI is InChI=1S/C22H33N5O2S/c1-6-25(7-2)19-11-9-18(10-12-19)21-23-24-22(27(21)8-3)30-15-20(28)26-13-16(4)29-17(5)14-26/h9-12,16-17H,6-8,13-15H2,1-5H3. The lowest BCUT2D eigenvalue weighted by Crippen LogP contribution is -2.48. The molecule has 1 fully saturated rings. The summed E-state index contributed by atoms with van der Waals surface area (Å²) in [5, 5.41) is 9.57. The highest BCUT2D eigenvalue weighted by Crippen LogP contribution is 2.26. The summed E-state index contributed by atoms with van der Waals surface area (Å²) in [6, 6.07) is 8.46. The lowest BCUT2D eigenvalue weighted by Gasteiger charge is -2.35. The summed E-state index contributed by atoms with van der Waals surface area (Å²) in [5.74, 6) is 1.32. The average molecular weight is 432 g/mol. The number of amides is 1. The second kappa shape index (κ2) is 10.3. The molecule has 1 aliphatic rings. The second-order valence-electron chi connectivity index (χ2n) is 7.61. The van der Waals surface area contributed by atoms with Gasteiger partial charge in [0, 0.05) is 44.0 Å². The Bertz CT molecular complexity index is 825. The molecular weight excluding hydrogens is 398 g/mol. The Morgan fingerprint density at radius 3 is 2.30 bits per heavy atom. The van der Waals surface area contributed by atoms with Crippen LogP contribution in [0.4, 0.5) is 5.69 Å². The Hall–Kier alpha value is -2.06. The molecule has 0 saturated carbocycles. The maximum absolute atomic E-state index is 12.7. The zero-order valence-electron chi connectivity index (χ0n) is 18.7. The van der Waals surface area contributed by atoms with Crippen molar-refractivity contribution in [2.24, 2.45) is 0 Å². The van der Waals surface area contributed by atoms with Crippen molar-refractivity contribution in [1.29, 1.82) is 0 Å². The van der Waals surface area contributed by atoms with E-state index in [4.69, 9.17) is 4.74 Å². The number of aromatic nitrogens is 3. The number of nitrogens with zero attached hydrogens (tertiary/aromatic N) is 5. The van der Waals surface area contributed by atoms with E-state index in [-0.39, 0.29) is 18.1 Å². The first-order valence-corrected chi connectivity index (χ1v) is 11.8. The Labute approximate surface area is 183 Å². The first-order valence-electron chi connectivity index (χ1n) is 10.8. The molecule has 1 aromatic heterocycles. The van der Waals surface area contributed by atoms with Gasteiger partial charge in [-0.3, -0.25) is 4.79 Å². The molecule has 0 bridgehead atoms. The van der Waals surface area contributed by atoms with Gasteiger partial charge < -0.3 is 19.1 Å². The molecule has 164 valence electrons. The number of carbonyl (C=O) groups excluding carboxylic acids is 1. The summed E-state index contributed by atoms with van der Waals surface area (Å²) in [4.78, 5) is 16.9. The van der Waals surface area contributed by atoms with Crippen LogP contribution in [0.25, 0.3) is 11.4 Å². The Kier molecular flexibility index (Phi) is 7.77. The quantitative estimate of drug-likeness (QED) is 0.596. The van der Waals surface area contributed by atoms with E-state index in [9.17, 15) is 4.79 Å². The summed E-state index contributed by atoms with van der Waals surface area (Å²) >= 11 is 1.46. The van der Waals surface area contributed by atoms with E-state index in [1.165, 1.54) is 17.4 Å². The van der Waals surface area contributed by atoms with Crippen molar-refractivity contribution in [3.05, 3.63) is 24.3 Å². The van der Waals surface area contributed by atoms with E-state index in [2.05, 4.69) is 64.7 Å². The van der Waals surface area contributed by atoms with Crippen LogP contribution in [0, 0.1) is 0 Å². The number of hydrogen-bond acceptors (Lipinski definition) is 6. The van der Waals surface area contributed by atoms with Crippen molar-refractivity contribution in [3.63, 3.8) is 0 Å². The first kappa shape index (κ1) is 22.6. The van der Waals surface area contributed by atoms with Gasteiger partial charge in [-0.2, -0.15) is 0 Å². The monoisotopic (exact) mass is 431 g/mol. The maximum atomic E-state index is 12.7. The Morgan fingerprint density at radius 2 is 1.73 bits per heavy atom. The van der Waals surface area contributed by atoms with Crippen LogP contribution in [-0.4, -0.2) is 69.7 Å².